The van der Waals surface area contributed by atoms with Gasteiger partial charge in [-0.2, -0.15) is 5.10 Å². The lowest BCUT2D eigenvalue weighted by atomic mass is 10.1. The summed E-state index contributed by atoms with van der Waals surface area (Å²) in [6.07, 6.45) is 2.63. The fraction of sp³-hybridized carbons (Fsp3) is 0. The molecule has 24 heavy (non-hydrogen) atoms. The van der Waals surface area contributed by atoms with Gasteiger partial charge < -0.3 is 5.32 Å². The van der Waals surface area contributed by atoms with Gasteiger partial charge in [0.05, 0.1) is 4.92 Å². The van der Waals surface area contributed by atoms with E-state index < -0.39 is 10.8 Å². The number of nitrogens with one attached hydrogen (secondary N) is 1. The molecule has 1 N–H and O–H groups in total. The van der Waals surface area contributed by atoms with Crippen molar-refractivity contribution in [2.75, 3.05) is 5.32 Å². The number of benzene rings is 2. The van der Waals surface area contributed by atoms with Crippen LogP contribution in [-0.2, 0) is 0 Å². The molecule has 3 rings (SSSR count). The van der Waals surface area contributed by atoms with E-state index >= 15 is 0 Å². The van der Waals surface area contributed by atoms with Gasteiger partial charge in [0.15, 0.2) is 0 Å². The van der Waals surface area contributed by atoms with E-state index in [2.05, 4.69) is 31.3 Å². The Morgan fingerprint density at radius 2 is 2.08 bits per heavy atom. The fourth-order valence-electron chi connectivity index (χ4n) is 2.11. The molecule has 0 aliphatic rings. The predicted octanol–water partition coefficient (Wildman–Crippen LogP) is 3.19. The van der Waals surface area contributed by atoms with Gasteiger partial charge in [-0.1, -0.05) is 22.0 Å². The SMILES string of the molecule is O=C(Nc1cccc(Br)c1)c1ccc(-n2cncn2)c([N+](=O)[O-])c1. The Labute approximate surface area is 144 Å². The van der Waals surface area contributed by atoms with Crippen LogP contribution in [0.5, 0.6) is 0 Å². The largest absolute Gasteiger partial charge is 0.322 e. The Hall–Kier alpha value is -3.07. The van der Waals surface area contributed by atoms with Crippen LogP contribution in [0.15, 0.2) is 59.6 Å². The lowest BCUT2D eigenvalue weighted by Crippen LogP contribution is -2.13. The van der Waals surface area contributed by atoms with E-state index in [4.69, 9.17) is 0 Å². The number of nitro groups is 1. The van der Waals surface area contributed by atoms with Crippen LogP contribution in [0.4, 0.5) is 11.4 Å². The molecule has 9 heteroatoms. The summed E-state index contributed by atoms with van der Waals surface area (Å²) in [6.45, 7) is 0. The van der Waals surface area contributed by atoms with E-state index in [1.165, 1.54) is 35.5 Å². The number of hydrogen-bond acceptors (Lipinski definition) is 5. The van der Waals surface area contributed by atoms with Crippen LogP contribution in [0.25, 0.3) is 5.69 Å². The van der Waals surface area contributed by atoms with Crippen LogP contribution in [0.1, 0.15) is 10.4 Å². The topological polar surface area (TPSA) is 103 Å². The standard InChI is InChI=1S/C15H10BrN5O3/c16-11-2-1-3-12(7-11)19-15(22)10-4-5-13(14(6-10)21(23)24)20-9-17-8-18-20/h1-9H,(H,19,22). The second-order valence-electron chi connectivity index (χ2n) is 4.77. The molecule has 0 radical (unpaired) electrons. The summed E-state index contributed by atoms with van der Waals surface area (Å²) < 4.78 is 2.08. The lowest BCUT2D eigenvalue weighted by molar-refractivity contribution is -0.384. The van der Waals surface area contributed by atoms with Crippen LogP contribution < -0.4 is 5.32 Å². The van der Waals surface area contributed by atoms with Crippen molar-refractivity contribution >= 4 is 33.2 Å². The first-order chi connectivity index (χ1) is 11.5. The summed E-state index contributed by atoms with van der Waals surface area (Å²) in [5, 5.41) is 17.9. The Balaban J connectivity index is 1.93. The van der Waals surface area contributed by atoms with Crippen molar-refractivity contribution < 1.29 is 9.72 Å². The van der Waals surface area contributed by atoms with Crippen molar-refractivity contribution in [1.29, 1.82) is 0 Å². The fourth-order valence-corrected chi connectivity index (χ4v) is 2.51. The van der Waals surface area contributed by atoms with Gasteiger partial charge in [0, 0.05) is 21.8 Å². The van der Waals surface area contributed by atoms with E-state index in [1.54, 1.807) is 18.2 Å². The van der Waals surface area contributed by atoms with Gasteiger partial charge in [-0.25, -0.2) is 9.67 Å². The molecule has 2 aromatic carbocycles. The van der Waals surface area contributed by atoms with Gasteiger partial charge in [0.25, 0.3) is 11.6 Å². The van der Waals surface area contributed by atoms with E-state index in [1.807, 2.05) is 6.07 Å². The summed E-state index contributed by atoms with van der Waals surface area (Å²) in [5.74, 6) is -0.443. The number of aromatic nitrogens is 3. The van der Waals surface area contributed by atoms with Crippen LogP contribution in [-0.4, -0.2) is 25.6 Å². The van der Waals surface area contributed by atoms with Crippen LogP contribution in [0.2, 0.25) is 0 Å². The molecular formula is C15H10BrN5O3. The van der Waals surface area contributed by atoms with Crippen molar-refractivity contribution in [3.8, 4) is 5.69 Å². The number of rotatable bonds is 4. The Morgan fingerprint density at radius 3 is 2.75 bits per heavy atom. The van der Waals surface area contributed by atoms with Gasteiger partial charge >= 0.3 is 0 Å². The van der Waals surface area contributed by atoms with Crippen molar-refractivity contribution in [3.05, 3.63) is 75.3 Å². The molecule has 0 spiro atoms. The molecule has 3 aromatic rings. The van der Waals surface area contributed by atoms with Crippen LogP contribution >= 0.6 is 15.9 Å². The second kappa shape index (κ2) is 6.59. The van der Waals surface area contributed by atoms with Crippen molar-refractivity contribution in [2.24, 2.45) is 0 Å². The third kappa shape index (κ3) is 3.30. The van der Waals surface area contributed by atoms with Crippen molar-refractivity contribution in [2.45, 2.75) is 0 Å². The smallest absolute Gasteiger partial charge is 0.295 e. The third-order valence-electron chi connectivity index (χ3n) is 3.18. The van der Waals surface area contributed by atoms with Gasteiger partial charge in [0.2, 0.25) is 0 Å². The summed E-state index contributed by atoms with van der Waals surface area (Å²) in [4.78, 5) is 26.8. The number of nitro benzene ring substituents is 1. The molecule has 0 bridgehead atoms. The second-order valence-corrected chi connectivity index (χ2v) is 5.68. The number of carbonyl (C=O) groups is 1. The number of anilines is 1. The molecule has 0 unspecified atom stereocenters. The molecule has 0 saturated carbocycles. The molecule has 0 atom stereocenters. The summed E-state index contributed by atoms with van der Waals surface area (Å²) in [7, 11) is 0. The third-order valence-corrected chi connectivity index (χ3v) is 3.68. The van der Waals surface area contributed by atoms with Gasteiger partial charge in [-0.05, 0) is 30.3 Å². The first-order valence-electron chi connectivity index (χ1n) is 6.75. The maximum absolute atomic E-state index is 12.3. The maximum atomic E-state index is 12.3. The quantitative estimate of drug-likeness (QED) is 0.546. The van der Waals surface area contributed by atoms with Crippen molar-refractivity contribution in [3.63, 3.8) is 0 Å². The minimum atomic E-state index is -0.563. The first-order valence-corrected chi connectivity index (χ1v) is 7.54. The number of amides is 1. The number of nitrogens with zero attached hydrogens (tertiary/aromatic N) is 4. The normalized spacial score (nSPS) is 10.4. The molecule has 1 heterocycles. The molecule has 120 valence electrons. The number of halogens is 1. The highest BCUT2D eigenvalue weighted by Gasteiger charge is 2.19. The molecular weight excluding hydrogens is 378 g/mol. The van der Waals surface area contributed by atoms with E-state index in [9.17, 15) is 14.9 Å². The monoisotopic (exact) mass is 387 g/mol. The Kier molecular flexibility index (Phi) is 4.34. The van der Waals surface area contributed by atoms with Gasteiger partial charge in [0.1, 0.15) is 18.3 Å². The minimum absolute atomic E-state index is 0.172. The summed E-state index contributed by atoms with van der Waals surface area (Å²) >= 11 is 3.31. The average molecular weight is 388 g/mol. The Morgan fingerprint density at radius 1 is 1.25 bits per heavy atom. The van der Waals surface area contributed by atoms with Crippen LogP contribution in [0.3, 0.4) is 0 Å². The molecule has 1 amide bonds. The summed E-state index contributed by atoms with van der Waals surface area (Å²) in [5.41, 5.74) is 0.752. The first kappa shape index (κ1) is 15.8. The summed E-state index contributed by atoms with van der Waals surface area (Å²) in [6, 6.07) is 11.2. The highest BCUT2D eigenvalue weighted by Crippen LogP contribution is 2.24. The maximum Gasteiger partial charge on any atom is 0.295 e. The van der Waals surface area contributed by atoms with Crippen molar-refractivity contribution in [1.82, 2.24) is 14.8 Å². The number of carbonyl (C=O) groups excluding carboxylic acids is 1. The van der Waals surface area contributed by atoms with Crippen LogP contribution in [0, 0.1) is 10.1 Å². The average Bonchev–Trinajstić information content (AvgIpc) is 3.08. The Bertz CT molecular complexity index is 911. The molecule has 0 fully saturated rings. The highest BCUT2D eigenvalue weighted by molar-refractivity contribution is 9.10. The van der Waals surface area contributed by atoms with E-state index in [-0.39, 0.29) is 16.9 Å². The lowest BCUT2D eigenvalue weighted by Gasteiger charge is -2.07. The molecule has 0 aliphatic heterocycles. The van der Waals surface area contributed by atoms with E-state index in [0.29, 0.717) is 5.69 Å². The zero-order chi connectivity index (χ0) is 17.1. The number of hydrogen-bond donors (Lipinski definition) is 1. The molecule has 0 aliphatic carbocycles. The molecule has 0 saturated heterocycles. The zero-order valence-electron chi connectivity index (χ0n) is 12.1. The minimum Gasteiger partial charge on any atom is -0.322 e. The highest BCUT2D eigenvalue weighted by atomic mass is 79.9. The van der Waals surface area contributed by atoms with E-state index in [0.717, 1.165) is 4.47 Å². The predicted molar refractivity (Wildman–Crippen MR) is 90.1 cm³/mol. The van der Waals surface area contributed by atoms with Gasteiger partial charge in [-0.15, -0.1) is 0 Å². The molecule has 1 aromatic heterocycles. The van der Waals surface area contributed by atoms with Gasteiger partial charge in [-0.3, -0.25) is 14.9 Å². The zero-order valence-corrected chi connectivity index (χ0v) is 13.7. The molecule has 8 nitrogen and oxygen atoms in total.